The molecule has 0 spiro atoms. The second kappa shape index (κ2) is 9.22. The Morgan fingerprint density at radius 2 is 1.45 bits per heavy atom. The highest BCUT2D eigenvalue weighted by Gasteiger charge is 2.40. The van der Waals surface area contributed by atoms with Gasteiger partial charge >= 0.3 is 0 Å². The smallest absolute Gasteiger partial charge is 0.193 e. The van der Waals surface area contributed by atoms with Crippen LogP contribution in [0.5, 0.6) is 0 Å². The van der Waals surface area contributed by atoms with Crippen LogP contribution >= 0.6 is 0 Å². The lowest BCUT2D eigenvalue weighted by Crippen LogP contribution is -2.48. The molecule has 0 rings (SSSR count). The van der Waals surface area contributed by atoms with Crippen molar-refractivity contribution in [2.75, 3.05) is 0 Å². The van der Waals surface area contributed by atoms with E-state index in [4.69, 9.17) is 4.43 Å². The van der Waals surface area contributed by atoms with Crippen LogP contribution in [0, 0.1) is 17.8 Å². The monoisotopic (exact) mass is 328 g/mol. The van der Waals surface area contributed by atoms with Crippen molar-refractivity contribution >= 4 is 14.1 Å². The minimum absolute atomic E-state index is 0.291. The highest BCUT2D eigenvalue weighted by molar-refractivity contribution is 6.73. The molecule has 0 aromatic carbocycles. The fourth-order valence-electron chi connectivity index (χ4n) is 3.25. The quantitative estimate of drug-likeness (QED) is 0.431. The summed E-state index contributed by atoms with van der Waals surface area (Å²) in [5.74, 6) is 1.95. The molecule has 0 saturated heterocycles. The highest BCUT2D eigenvalue weighted by atomic mass is 28.4. The molecule has 0 aliphatic heterocycles. The first-order valence-corrected chi connectivity index (χ1v) is 11.8. The van der Waals surface area contributed by atoms with Gasteiger partial charge in [-0.05, 0) is 56.2 Å². The topological polar surface area (TPSA) is 26.3 Å². The molecule has 0 aliphatic rings. The predicted molar refractivity (Wildman–Crippen MR) is 99.8 cm³/mol. The fourth-order valence-corrected chi connectivity index (χ4v) is 6.37. The number of ketones is 1. The average Bonchev–Trinajstić information content (AvgIpc) is 2.43. The number of carbonyl (C=O) groups excluding carboxylic acids is 1. The molecule has 3 heteroatoms. The number of hydrogen-bond donors (Lipinski definition) is 0. The van der Waals surface area contributed by atoms with E-state index in [9.17, 15) is 4.79 Å². The van der Waals surface area contributed by atoms with Gasteiger partial charge in [-0.2, -0.15) is 0 Å². The molecule has 0 amide bonds. The normalized spacial score (nSPS) is 14.7. The van der Waals surface area contributed by atoms with Crippen LogP contribution in [0.1, 0.15) is 75.2 Å². The molecular formula is C19H40O2Si. The summed E-state index contributed by atoms with van der Waals surface area (Å²) in [5, 5.41) is 0. The van der Waals surface area contributed by atoms with Crippen molar-refractivity contribution in [3.05, 3.63) is 0 Å². The first-order chi connectivity index (χ1) is 10.0. The van der Waals surface area contributed by atoms with Gasteiger partial charge in [0, 0.05) is 6.42 Å². The van der Waals surface area contributed by atoms with Gasteiger partial charge in [-0.25, -0.2) is 0 Å². The molecule has 0 N–H and O–H groups in total. The Morgan fingerprint density at radius 3 is 1.77 bits per heavy atom. The molecule has 0 radical (unpaired) electrons. The zero-order chi connectivity index (χ0) is 17.6. The third-order valence-electron chi connectivity index (χ3n) is 5.24. The molecule has 0 saturated carbocycles. The maximum Gasteiger partial charge on any atom is 0.193 e. The molecule has 0 bridgehead atoms. The van der Waals surface area contributed by atoms with Crippen LogP contribution in [0.2, 0.25) is 18.1 Å². The van der Waals surface area contributed by atoms with Crippen molar-refractivity contribution in [2.24, 2.45) is 17.8 Å². The van der Waals surface area contributed by atoms with E-state index < -0.39 is 13.9 Å². The third kappa shape index (κ3) is 6.53. The van der Waals surface area contributed by atoms with E-state index in [1.807, 2.05) is 13.8 Å². The predicted octanol–water partition coefficient (Wildman–Crippen LogP) is 6.06. The van der Waals surface area contributed by atoms with E-state index in [1.54, 1.807) is 0 Å². The zero-order valence-electron chi connectivity index (χ0n) is 16.6. The molecule has 0 fully saturated rings. The summed E-state index contributed by atoms with van der Waals surface area (Å²) in [7, 11) is -1.75. The van der Waals surface area contributed by atoms with Gasteiger partial charge in [0.2, 0.25) is 0 Å². The zero-order valence-corrected chi connectivity index (χ0v) is 17.6. The second-order valence-electron chi connectivity index (χ2n) is 8.12. The summed E-state index contributed by atoms with van der Waals surface area (Å²) < 4.78 is 6.51. The molecule has 0 unspecified atom stereocenters. The Bertz CT molecular complexity index is 322. The number of hydrogen-bond acceptors (Lipinski definition) is 2. The van der Waals surface area contributed by atoms with E-state index in [0.29, 0.717) is 30.0 Å². The SMILES string of the molecule is CC[Si](CC)(CC)OC(C)(C)C(=O)C[C@H](CC(C)C)C(C)C. The van der Waals surface area contributed by atoms with Gasteiger partial charge < -0.3 is 4.43 Å². The van der Waals surface area contributed by atoms with Gasteiger partial charge in [0.1, 0.15) is 5.60 Å². The van der Waals surface area contributed by atoms with Crippen LogP contribution in [0.4, 0.5) is 0 Å². The van der Waals surface area contributed by atoms with Crippen molar-refractivity contribution in [1.29, 1.82) is 0 Å². The van der Waals surface area contributed by atoms with E-state index >= 15 is 0 Å². The lowest BCUT2D eigenvalue weighted by Gasteiger charge is -2.38. The van der Waals surface area contributed by atoms with Crippen LogP contribution < -0.4 is 0 Å². The minimum Gasteiger partial charge on any atom is -0.405 e. The van der Waals surface area contributed by atoms with Crippen molar-refractivity contribution in [2.45, 2.75) is 98.9 Å². The van der Waals surface area contributed by atoms with E-state index in [0.717, 1.165) is 24.6 Å². The third-order valence-corrected chi connectivity index (χ3v) is 10.1. The molecular weight excluding hydrogens is 288 g/mol. The Morgan fingerprint density at radius 1 is 1.00 bits per heavy atom. The largest absolute Gasteiger partial charge is 0.405 e. The van der Waals surface area contributed by atoms with E-state index in [2.05, 4.69) is 48.5 Å². The summed E-state index contributed by atoms with van der Waals surface area (Å²) >= 11 is 0. The molecule has 132 valence electrons. The standard InChI is InChI=1S/C19H40O2Si/c1-10-22(11-2,12-3)21-19(8,9)18(20)14-17(16(6)7)13-15(4)5/h15-17H,10-14H2,1-9H3/t17-/m0/s1. The van der Waals surface area contributed by atoms with Crippen molar-refractivity contribution < 1.29 is 9.22 Å². The lowest BCUT2D eigenvalue weighted by atomic mass is 9.81. The summed E-state index contributed by atoms with van der Waals surface area (Å²) in [6.07, 6.45) is 1.78. The van der Waals surface area contributed by atoms with Crippen LogP contribution in [0.3, 0.4) is 0 Å². The second-order valence-corrected chi connectivity index (χ2v) is 12.8. The van der Waals surface area contributed by atoms with Crippen LogP contribution in [-0.4, -0.2) is 19.7 Å². The minimum atomic E-state index is -1.75. The van der Waals surface area contributed by atoms with Gasteiger partial charge in [-0.15, -0.1) is 0 Å². The van der Waals surface area contributed by atoms with Gasteiger partial charge in [0.05, 0.1) is 0 Å². The molecule has 0 heterocycles. The summed E-state index contributed by atoms with van der Waals surface area (Å²) in [6, 6.07) is 3.28. The average molecular weight is 329 g/mol. The van der Waals surface area contributed by atoms with Crippen LogP contribution in [0.25, 0.3) is 0 Å². The van der Waals surface area contributed by atoms with Crippen LogP contribution in [-0.2, 0) is 9.22 Å². The van der Waals surface area contributed by atoms with Gasteiger partial charge in [0.25, 0.3) is 0 Å². The first-order valence-electron chi connectivity index (χ1n) is 9.27. The maximum absolute atomic E-state index is 12.9. The molecule has 0 aromatic rings. The lowest BCUT2D eigenvalue weighted by molar-refractivity contribution is -0.134. The Labute approximate surface area is 140 Å². The number of Topliss-reactive ketones (excluding diaryl/α,β-unsaturated/α-hetero) is 1. The summed E-state index contributed by atoms with van der Waals surface area (Å²) in [4.78, 5) is 12.9. The molecule has 1 atom stereocenters. The van der Waals surface area contributed by atoms with Gasteiger partial charge in [0.15, 0.2) is 14.1 Å². The highest BCUT2D eigenvalue weighted by Crippen LogP contribution is 2.32. The first kappa shape index (κ1) is 21.8. The van der Waals surface area contributed by atoms with Gasteiger partial charge in [-0.3, -0.25) is 4.79 Å². The van der Waals surface area contributed by atoms with Crippen molar-refractivity contribution in [1.82, 2.24) is 0 Å². The maximum atomic E-state index is 12.9. The Balaban J connectivity index is 4.99. The summed E-state index contributed by atoms with van der Waals surface area (Å²) in [6.45, 7) is 19.6. The number of rotatable bonds is 11. The van der Waals surface area contributed by atoms with E-state index in [1.165, 1.54) is 0 Å². The van der Waals surface area contributed by atoms with Crippen LogP contribution in [0.15, 0.2) is 0 Å². The Hall–Kier alpha value is -0.153. The Kier molecular flexibility index (Phi) is 9.15. The van der Waals surface area contributed by atoms with Crippen molar-refractivity contribution in [3.63, 3.8) is 0 Å². The molecule has 22 heavy (non-hydrogen) atoms. The molecule has 2 nitrogen and oxygen atoms in total. The number of carbonyl (C=O) groups is 1. The fraction of sp³-hybridized carbons (Fsp3) is 0.947. The molecule has 0 aromatic heterocycles. The van der Waals surface area contributed by atoms with Crippen molar-refractivity contribution in [3.8, 4) is 0 Å². The molecule has 0 aliphatic carbocycles. The summed E-state index contributed by atoms with van der Waals surface area (Å²) in [5.41, 5.74) is -0.627. The van der Waals surface area contributed by atoms with E-state index in [-0.39, 0.29) is 0 Å². The van der Waals surface area contributed by atoms with Gasteiger partial charge in [-0.1, -0.05) is 48.5 Å².